The van der Waals surface area contributed by atoms with Crippen molar-refractivity contribution in [2.45, 2.75) is 12.7 Å². The number of nitrogens with two attached hydrogens (primary N) is 1. The molecule has 1 aromatic rings. The van der Waals surface area contributed by atoms with Crippen LogP contribution in [-0.4, -0.2) is 14.3 Å². The van der Waals surface area contributed by atoms with Gasteiger partial charge < -0.3 is 5.73 Å². The quantitative estimate of drug-likeness (QED) is 0.470. The lowest BCUT2D eigenvalue weighted by Gasteiger charge is -2.01. The van der Waals surface area contributed by atoms with E-state index in [1.807, 2.05) is 0 Å². The average molecular weight is 228 g/mol. The molecule has 5 nitrogen and oxygen atoms in total. The third kappa shape index (κ3) is 4.46. The second-order valence-corrected chi connectivity index (χ2v) is 4.55. The van der Waals surface area contributed by atoms with Gasteiger partial charge in [0.05, 0.1) is 0 Å². The van der Waals surface area contributed by atoms with E-state index in [0.29, 0.717) is 5.56 Å². The molecule has 0 heterocycles. The number of rotatable bonds is 4. The van der Waals surface area contributed by atoms with Crippen LogP contribution in [0, 0.1) is 0 Å². The van der Waals surface area contributed by atoms with E-state index >= 15 is 0 Å². The lowest BCUT2D eigenvalue weighted by molar-refractivity contribution is 0.337. The third-order valence-electron chi connectivity index (χ3n) is 1.48. The van der Waals surface area contributed by atoms with Gasteiger partial charge in [0, 0.05) is 0 Å². The Morgan fingerprint density at radius 2 is 2.00 bits per heavy atom. The van der Waals surface area contributed by atoms with Crippen molar-refractivity contribution in [3.8, 4) is 0 Å². The Labute approximate surface area is 88.7 Å². The summed E-state index contributed by atoms with van der Waals surface area (Å²) in [4.78, 5) is 0. The Hall–Kier alpha value is -1.56. The number of hydrogen-bond donors (Lipinski definition) is 1. The smallest absolute Gasteiger partial charge is 0.332 e. The summed E-state index contributed by atoms with van der Waals surface area (Å²) in [6, 6.07) is 8.70. The minimum atomic E-state index is -3.70. The van der Waals surface area contributed by atoms with Crippen molar-refractivity contribution in [1.82, 2.24) is 0 Å². The van der Waals surface area contributed by atoms with Crippen molar-refractivity contribution in [3.05, 3.63) is 35.9 Å². The van der Waals surface area contributed by atoms with Gasteiger partial charge in [-0.05, 0) is 12.5 Å². The molecule has 6 heteroatoms. The Morgan fingerprint density at radius 1 is 1.40 bits per heavy atom. The van der Waals surface area contributed by atoms with Crippen LogP contribution in [0.25, 0.3) is 0 Å². The van der Waals surface area contributed by atoms with E-state index in [4.69, 9.17) is 5.73 Å². The van der Waals surface area contributed by atoms with Gasteiger partial charge >= 0.3 is 10.1 Å². The van der Waals surface area contributed by atoms with Crippen LogP contribution in [0.1, 0.15) is 12.5 Å². The van der Waals surface area contributed by atoms with Gasteiger partial charge in [-0.25, -0.2) is 0 Å². The molecule has 1 rings (SSSR count). The monoisotopic (exact) mass is 228 g/mol. The lowest BCUT2D eigenvalue weighted by Crippen LogP contribution is -2.11. The fourth-order valence-electron chi connectivity index (χ4n) is 0.920. The Balaban J connectivity index is 2.70. The second kappa shape index (κ2) is 4.79. The van der Waals surface area contributed by atoms with E-state index in [1.54, 1.807) is 30.3 Å². The number of benzene rings is 1. The first-order chi connectivity index (χ1) is 6.99. The van der Waals surface area contributed by atoms with E-state index < -0.39 is 10.1 Å². The number of oxime groups is 1. The lowest BCUT2D eigenvalue weighted by atomic mass is 10.2. The zero-order chi connectivity index (χ0) is 11.3. The highest BCUT2D eigenvalue weighted by Crippen LogP contribution is 2.07. The summed E-state index contributed by atoms with van der Waals surface area (Å²) in [6.07, 6.45) is 0. The van der Waals surface area contributed by atoms with Crippen molar-refractivity contribution in [2.24, 2.45) is 10.9 Å². The molecular formula is C9H12N2O3S. The maximum absolute atomic E-state index is 11.3. The molecule has 0 unspecified atom stereocenters. The van der Waals surface area contributed by atoms with Gasteiger partial charge in [-0.1, -0.05) is 35.5 Å². The van der Waals surface area contributed by atoms with Crippen LogP contribution in [0.15, 0.2) is 35.5 Å². The fourth-order valence-corrected chi connectivity index (χ4v) is 1.80. The molecule has 0 fully saturated rings. The largest absolute Gasteiger partial charge is 0.385 e. The van der Waals surface area contributed by atoms with E-state index in [-0.39, 0.29) is 11.6 Å². The Kier molecular flexibility index (Phi) is 3.68. The predicted molar refractivity (Wildman–Crippen MR) is 57.4 cm³/mol. The maximum atomic E-state index is 11.3. The van der Waals surface area contributed by atoms with Crippen LogP contribution in [0.5, 0.6) is 0 Å². The van der Waals surface area contributed by atoms with E-state index in [1.165, 1.54) is 6.92 Å². The van der Waals surface area contributed by atoms with Gasteiger partial charge in [-0.2, -0.15) is 8.42 Å². The first-order valence-electron chi connectivity index (χ1n) is 4.25. The van der Waals surface area contributed by atoms with Crippen LogP contribution in [0.4, 0.5) is 0 Å². The molecule has 0 aliphatic carbocycles. The molecule has 0 aromatic heterocycles. The first kappa shape index (κ1) is 11.5. The van der Waals surface area contributed by atoms with Gasteiger partial charge in [0.2, 0.25) is 0 Å². The number of hydrogen-bond acceptors (Lipinski definition) is 4. The molecule has 0 saturated carbocycles. The van der Waals surface area contributed by atoms with Crippen LogP contribution < -0.4 is 5.73 Å². The van der Waals surface area contributed by atoms with Crippen LogP contribution in [0.2, 0.25) is 0 Å². The predicted octanol–water partition coefficient (Wildman–Crippen LogP) is 0.825. The normalized spacial score (nSPS) is 12.5. The third-order valence-corrected chi connectivity index (χ3v) is 2.47. The van der Waals surface area contributed by atoms with Crippen molar-refractivity contribution >= 4 is 16.0 Å². The molecular weight excluding hydrogens is 216 g/mol. The highest BCUT2D eigenvalue weighted by molar-refractivity contribution is 7.85. The summed E-state index contributed by atoms with van der Waals surface area (Å²) < 4.78 is 27.0. The van der Waals surface area contributed by atoms with Gasteiger partial charge in [0.25, 0.3) is 0 Å². The molecule has 0 bridgehead atoms. The molecule has 2 N–H and O–H groups in total. The average Bonchev–Trinajstić information content (AvgIpc) is 2.16. The van der Waals surface area contributed by atoms with E-state index in [9.17, 15) is 8.42 Å². The molecule has 0 aliphatic rings. The maximum Gasteiger partial charge on any atom is 0.332 e. The van der Waals surface area contributed by atoms with Crippen LogP contribution in [0.3, 0.4) is 0 Å². The fraction of sp³-hybridized carbons (Fsp3) is 0.222. The van der Waals surface area contributed by atoms with Gasteiger partial charge in [-0.15, -0.1) is 0 Å². The minimum absolute atomic E-state index is 0.0617. The van der Waals surface area contributed by atoms with Crippen molar-refractivity contribution in [1.29, 1.82) is 0 Å². The highest BCUT2D eigenvalue weighted by Gasteiger charge is 2.12. The summed E-state index contributed by atoms with van der Waals surface area (Å²) in [5.74, 6) is -0.156. The number of nitrogens with zero attached hydrogens (tertiary/aromatic N) is 1. The van der Waals surface area contributed by atoms with Crippen LogP contribution in [-0.2, 0) is 20.2 Å². The SMILES string of the molecule is CC(N)=NOS(=O)(=O)Cc1ccccc1. The second-order valence-electron chi connectivity index (χ2n) is 2.99. The van der Waals surface area contributed by atoms with Gasteiger partial charge in [0.15, 0.2) is 0 Å². The summed E-state index contributed by atoms with van der Waals surface area (Å²) in [7, 11) is -3.70. The number of amidine groups is 1. The summed E-state index contributed by atoms with van der Waals surface area (Å²) in [5, 5.41) is 3.20. The summed E-state index contributed by atoms with van der Waals surface area (Å²) in [5.41, 5.74) is 5.79. The molecule has 1 aromatic carbocycles. The topological polar surface area (TPSA) is 81.8 Å². The van der Waals surface area contributed by atoms with Gasteiger partial charge in [0.1, 0.15) is 11.6 Å². The summed E-state index contributed by atoms with van der Waals surface area (Å²) in [6.45, 7) is 1.44. The van der Waals surface area contributed by atoms with Crippen molar-refractivity contribution in [2.75, 3.05) is 0 Å². The summed E-state index contributed by atoms with van der Waals surface area (Å²) >= 11 is 0. The van der Waals surface area contributed by atoms with E-state index in [2.05, 4.69) is 9.44 Å². The molecule has 0 spiro atoms. The van der Waals surface area contributed by atoms with Gasteiger partial charge in [-0.3, -0.25) is 4.28 Å². The molecule has 15 heavy (non-hydrogen) atoms. The van der Waals surface area contributed by atoms with Crippen LogP contribution >= 0.6 is 0 Å². The molecule has 0 saturated heterocycles. The standard InChI is InChI=1S/C9H12N2O3S/c1-8(10)11-14-15(12,13)7-9-5-3-2-4-6-9/h2-6H,7H2,1H3,(H2,10,11). The molecule has 82 valence electrons. The Bertz CT molecular complexity index is 436. The minimum Gasteiger partial charge on any atom is -0.385 e. The zero-order valence-electron chi connectivity index (χ0n) is 8.25. The van der Waals surface area contributed by atoms with Crippen molar-refractivity contribution < 1.29 is 12.7 Å². The Morgan fingerprint density at radius 3 is 2.53 bits per heavy atom. The molecule has 0 atom stereocenters. The van der Waals surface area contributed by atoms with Crippen molar-refractivity contribution in [3.63, 3.8) is 0 Å². The molecule has 0 amide bonds. The van der Waals surface area contributed by atoms with E-state index in [0.717, 1.165) is 0 Å². The first-order valence-corrected chi connectivity index (χ1v) is 5.83. The molecule has 0 aliphatic heterocycles. The highest BCUT2D eigenvalue weighted by atomic mass is 32.2. The zero-order valence-corrected chi connectivity index (χ0v) is 9.07. The molecule has 0 radical (unpaired) electrons.